The van der Waals surface area contributed by atoms with Gasteiger partial charge >= 0.3 is 0 Å². The Hall–Kier alpha value is -1.43. The average Bonchev–Trinajstić information content (AvgIpc) is 2.85. The highest BCUT2D eigenvalue weighted by Crippen LogP contribution is 2.25. The van der Waals surface area contributed by atoms with Crippen molar-refractivity contribution in [1.29, 1.82) is 0 Å². The zero-order chi connectivity index (χ0) is 14.5. The minimum Gasteiger partial charge on any atom is -0.342 e. The molecule has 1 aromatic heterocycles. The Morgan fingerprint density at radius 1 is 1.60 bits per heavy atom. The number of carbonyl (C=O) groups is 1. The lowest BCUT2D eigenvalue weighted by Gasteiger charge is -2.32. The van der Waals surface area contributed by atoms with Crippen LogP contribution in [-0.2, 0) is 11.8 Å². The summed E-state index contributed by atoms with van der Waals surface area (Å²) in [5.74, 6) is 1.45. The minimum absolute atomic E-state index is 0.0114. The van der Waals surface area contributed by atoms with Crippen molar-refractivity contribution in [3.05, 3.63) is 12.2 Å². The molecule has 0 aromatic carbocycles. The molecule has 6 heteroatoms. The summed E-state index contributed by atoms with van der Waals surface area (Å²) in [4.78, 5) is 14.2. The van der Waals surface area contributed by atoms with E-state index in [0.717, 1.165) is 44.6 Å². The second kappa shape index (κ2) is 6.83. The van der Waals surface area contributed by atoms with Gasteiger partial charge in [-0.1, -0.05) is 13.3 Å². The Labute approximate surface area is 120 Å². The van der Waals surface area contributed by atoms with E-state index in [0.29, 0.717) is 12.3 Å². The predicted molar refractivity (Wildman–Crippen MR) is 77.1 cm³/mol. The van der Waals surface area contributed by atoms with Crippen LogP contribution >= 0.6 is 0 Å². The lowest BCUT2D eigenvalue weighted by molar-refractivity contribution is -0.132. The number of aryl methyl sites for hydroxylation is 1. The highest BCUT2D eigenvalue weighted by molar-refractivity contribution is 5.77. The first-order valence-electron chi connectivity index (χ1n) is 7.49. The van der Waals surface area contributed by atoms with Crippen molar-refractivity contribution < 1.29 is 4.79 Å². The fraction of sp³-hybridized carbons (Fsp3) is 0.786. The van der Waals surface area contributed by atoms with Gasteiger partial charge in [-0.05, 0) is 19.3 Å². The third kappa shape index (κ3) is 3.56. The van der Waals surface area contributed by atoms with Gasteiger partial charge in [0.15, 0.2) is 0 Å². The standard InChI is InChI=1S/C14H25N5O/c1-3-5-12(15)8-13(20)19-7-4-6-11(9-19)14-17-16-10-18(14)2/h10-12H,3-9,15H2,1-2H3. The molecule has 2 heterocycles. The van der Waals surface area contributed by atoms with Gasteiger partial charge in [0.1, 0.15) is 12.2 Å². The molecule has 0 saturated carbocycles. The molecule has 112 valence electrons. The lowest BCUT2D eigenvalue weighted by atomic mass is 9.96. The quantitative estimate of drug-likeness (QED) is 0.873. The number of nitrogens with zero attached hydrogens (tertiary/aromatic N) is 4. The van der Waals surface area contributed by atoms with Crippen LogP contribution in [0.2, 0.25) is 0 Å². The van der Waals surface area contributed by atoms with Crippen molar-refractivity contribution in [3.63, 3.8) is 0 Å². The lowest BCUT2D eigenvalue weighted by Crippen LogP contribution is -2.42. The van der Waals surface area contributed by atoms with Crippen LogP contribution in [0.25, 0.3) is 0 Å². The van der Waals surface area contributed by atoms with Crippen LogP contribution in [0.5, 0.6) is 0 Å². The number of nitrogens with two attached hydrogens (primary N) is 1. The number of aromatic nitrogens is 3. The first kappa shape index (κ1) is 15.0. The van der Waals surface area contributed by atoms with E-state index in [9.17, 15) is 4.79 Å². The minimum atomic E-state index is -0.0114. The summed E-state index contributed by atoms with van der Waals surface area (Å²) in [6, 6.07) is -0.0114. The van der Waals surface area contributed by atoms with Crippen LogP contribution in [-0.4, -0.2) is 44.7 Å². The molecule has 1 aromatic rings. The first-order valence-corrected chi connectivity index (χ1v) is 7.49. The van der Waals surface area contributed by atoms with Gasteiger partial charge in [-0.2, -0.15) is 0 Å². The summed E-state index contributed by atoms with van der Waals surface area (Å²) in [5.41, 5.74) is 5.97. The van der Waals surface area contributed by atoms with Crippen LogP contribution in [0.4, 0.5) is 0 Å². The zero-order valence-electron chi connectivity index (χ0n) is 12.5. The van der Waals surface area contributed by atoms with Gasteiger partial charge in [0.25, 0.3) is 0 Å². The van der Waals surface area contributed by atoms with Crippen molar-refractivity contribution in [1.82, 2.24) is 19.7 Å². The van der Waals surface area contributed by atoms with Crippen LogP contribution in [0, 0.1) is 0 Å². The normalized spacial score (nSPS) is 20.9. The molecule has 1 saturated heterocycles. The van der Waals surface area contributed by atoms with E-state index in [2.05, 4.69) is 17.1 Å². The Bertz CT molecular complexity index is 445. The predicted octanol–water partition coefficient (Wildman–Crippen LogP) is 1.04. The first-order chi connectivity index (χ1) is 9.61. The molecule has 2 atom stereocenters. The molecule has 2 rings (SSSR count). The van der Waals surface area contributed by atoms with Crippen molar-refractivity contribution in [2.75, 3.05) is 13.1 Å². The number of amides is 1. The molecule has 1 fully saturated rings. The molecule has 20 heavy (non-hydrogen) atoms. The number of hydrogen-bond donors (Lipinski definition) is 1. The summed E-state index contributed by atoms with van der Waals surface area (Å²) < 4.78 is 1.95. The monoisotopic (exact) mass is 279 g/mol. The highest BCUT2D eigenvalue weighted by Gasteiger charge is 2.27. The van der Waals surface area contributed by atoms with Gasteiger partial charge in [-0.25, -0.2) is 0 Å². The van der Waals surface area contributed by atoms with Crippen LogP contribution in [0.3, 0.4) is 0 Å². The summed E-state index contributed by atoms with van der Waals surface area (Å²) in [6.07, 6.45) is 6.19. The molecule has 0 spiro atoms. The molecule has 0 bridgehead atoms. The largest absolute Gasteiger partial charge is 0.342 e. The maximum atomic E-state index is 12.3. The van der Waals surface area contributed by atoms with Crippen molar-refractivity contribution >= 4 is 5.91 Å². The number of likely N-dealkylation sites (tertiary alicyclic amines) is 1. The molecule has 2 unspecified atom stereocenters. The molecular formula is C14H25N5O. The third-order valence-electron chi connectivity index (χ3n) is 3.98. The van der Waals surface area contributed by atoms with E-state index >= 15 is 0 Å². The molecular weight excluding hydrogens is 254 g/mol. The fourth-order valence-corrected chi connectivity index (χ4v) is 2.90. The Morgan fingerprint density at radius 2 is 2.40 bits per heavy atom. The number of carbonyl (C=O) groups excluding carboxylic acids is 1. The van der Waals surface area contributed by atoms with Gasteiger partial charge in [-0.15, -0.1) is 10.2 Å². The molecule has 0 radical (unpaired) electrons. The fourth-order valence-electron chi connectivity index (χ4n) is 2.90. The van der Waals surface area contributed by atoms with Gasteiger partial charge < -0.3 is 15.2 Å². The Morgan fingerprint density at radius 3 is 3.05 bits per heavy atom. The van der Waals surface area contributed by atoms with Crippen LogP contribution in [0.1, 0.15) is 50.8 Å². The van der Waals surface area contributed by atoms with Gasteiger partial charge in [0.2, 0.25) is 5.91 Å². The van der Waals surface area contributed by atoms with E-state index in [4.69, 9.17) is 5.73 Å². The van der Waals surface area contributed by atoms with Crippen molar-refractivity contribution in [2.24, 2.45) is 12.8 Å². The Balaban J connectivity index is 1.93. The molecule has 1 amide bonds. The smallest absolute Gasteiger partial charge is 0.224 e. The van der Waals surface area contributed by atoms with Gasteiger partial charge in [-0.3, -0.25) is 4.79 Å². The van der Waals surface area contributed by atoms with Crippen molar-refractivity contribution in [2.45, 2.75) is 51.0 Å². The summed E-state index contributed by atoms with van der Waals surface area (Å²) in [6.45, 7) is 3.67. The highest BCUT2D eigenvalue weighted by atomic mass is 16.2. The van der Waals surface area contributed by atoms with Gasteiger partial charge in [0, 0.05) is 38.5 Å². The maximum absolute atomic E-state index is 12.3. The van der Waals surface area contributed by atoms with E-state index < -0.39 is 0 Å². The average molecular weight is 279 g/mol. The van der Waals surface area contributed by atoms with Crippen LogP contribution < -0.4 is 5.73 Å². The second-order valence-electron chi connectivity index (χ2n) is 5.73. The summed E-state index contributed by atoms with van der Waals surface area (Å²) in [5, 5.41) is 8.10. The molecule has 6 nitrogen and oxygen atoms in total. The van der Waals surface area contributed by atoms with E-state index in [1.807, 2.05) is 16.5 Å². The number of hydrogen-bond acceptors (Lipinski definition) is 4. The van der Waals surface area contributed by atoms with Crippen molar-refractivity contribution in [3.8, 4) is 0 Å². The zero-order valence-corrected chi connectivity index (χ0v) is 12.5. The summed E-state index contributed by atoms with van der Waals surface area (Å²) in [7, 11) is 1.95. The van der Waals surface area contributed by atoms with Crippen LogP contribution in [0.15, 0.2) is 6.33 Å². The van der Waals surface area contributed by atoms with E-state index in [1.165, 1.54) is 0 Å². The molecule has 1 aliphatic heterocycles. The number of rotatable bonds is 5. The molecule has 2 N–H and O–H groups in total. The topological polar surface area (TPSA) is 77.0 Å². The molecule has 0 aliphatic carbocycles. The second-order valence-corrected chi connectivity index (χ2v) is 5.73. The van der Waals surface area contributed by atoms with E-state index in [-0.39, 0.29) is 11.9 Å². The maximum Gasteiger partial charge on any atom is 0.224 e. The third-order valence-corrected chi connectivity index (χ3v) is 3.98. The van der Waals surface area contributed by atoms with Gasteiger partial charge in [0.05, 0.1) is 0 Å². The van der Waals surface area contributed by atoms with E-state index in [1.54, 1.807) is 6.33 Å². The SMILES string of the molecule is CCCC(N)CC(=O)N1CCCC(c2nncn2C)C1. The number of piperidine rings is 1. The Kier molecular flexibility index (Phi) is 5.11. The summed E-state index contributed by atoms with van der Waals surface area (Å²) >= 11 is 0. The molecule has 1 aliphatic rings.